The number of hydrogen-bond donors (Lipinski definition) is 4. The van der Waals surface area contributed by atoms with Crippen molar-refractivity contribution in [3.63, 3.8) is 0 Å². The molecule has 4 aromatic carbocycles. The zero-order chi connectivity index (χ0) is 44.5. The largest absolute Gasteiger partial charge is 0.364 e. The summed E-state index contributed by atoms with van der Waals surface area (Å²) < 4.78 is 70.1. The molecule has 0 fully saturated rings. The van der Waals surface area contributed by atoms with E-state index in [1.54, 1.807) is 9.36 Å². The molecule has 64 heavy (non-hydrogen) atoms. The van der Waals surface area contributed by atoms with E-state index in [1.165, 1.54) is 12.1 Å². The minimum absolute atomic E-state index is 0.0634. The number of benzene rings is 4. The Morgan fingerprint density at radius 1 is 0.609 bits per heavy atom. The van der Waals surface area contributed by atoms with Crippen LogP contribution in [0.2, 0.25) is 0 Å². The van der Waals surface area contributed by atoms with E-state index in [1.807, 2.05) is 60.7 Å². The Morgan fingerprint density at radius 3 is 1.42 bits per heavy atom. The van der Waals surface area contributed by atoms with Crippen molar-refractivity contribution in [1.82, 2.24) is 40.2 Å². The fourth-order valence-corrected chi connectivity index (χ4v) is 7.96. The van der Waals surface area contributed by atoms with E-state index in [0.717, 1.165) is 11.1 Å². The molecule has 4 aliphatic heterocycles. The van der Waals surface area contributed by atoms with Gasteiger partial charge in [0.1, 0.15) is 47.6 Å². The number of rotatable bonds is 6. The van der Waals surface area contributed by atoms with Gasteiger partial charge in [0, 0.05) is 12.1 Å². The highest BCUT2D eigenvalue weighted by atomic mass is 19.1. The minimum Gasteiger partial charge on any atom is -0.364 e. The van der Waals surface area contributed by atoms with Crippen molar-refractivity contribution >= 4 is 35.0 Å². The maximum absolute atomic E-state index is 14.1. The van der Waals surface area contributed by atoms with Crippen LogP contribution >= 0.6 is 0 Å². The smallest absolute Gasteiger partial charge is 0.291 e. The minimum atomic E-state index is -0.945. The van der Waals surface area contributed by atoms with E-state index in [4.69, 9.17) is 9.47 Å². The van der Waals surface area contributed by atoms with Crippen molar-refractivity contribution < 1.29 is 46.2 Å². The van der Waals surface area contributed by atoms with E-state index in [2.05, 4.69) is 41.4 Å². The lowest BCUT2D eigenvalue weighted by molar-refractivity contribution is -0.118. The summed E-state index contributed by atoms with van der Waals surface area (Å²) in [6, 6.07) is 20.9. The van der Waals surface area contributed by atoms with E-state index >= 15 is 0 Å². The Labute approximate surface area is 361 Å². The van der Waals surface area contributed by atoms with Crippen molar-refractivity contribution in [2.24, 2.45) is 0 Å². The van der Waals surface area contributed by atoms with Gasteiger partial charge in [-0.2, -0.15) is 0 Å². The molecule has 0 aliphatic carbocycles. The first-order valence-electron chi connectivity index (χ1n) is 20.4. The van der Waals surface area contributed by atoms with E-state index in [-0.39, 0.29) is 48.7 Å². The van der Waals surface area contributed by atoms with Crippen LogP contribution in [-0.2, 0) is 45.0 Å². The summed E-state index contributed by atoms with van der Waals surface area (Å²) in [6.07, 6.45) is -0.122. The lowest BCUT2D eigenvalue weighted by Crippen LogP contribution is -2.43. The second-order valence-electron chi connectivity index (χ2n) is 15.3. The van der Waals surface area contributed by atoms with Crippen LogP contribution in [0.4, 0.5) is 28.9 Å². The molecular weight excluding hydrogens is 841 g/mol. The highest BCUT2D eigenvalue weighted by Gasteiger charge is 2.34. The third-order valence-corrected chi connectivity index (χ3v) is 11.1. The number of ether oxygens (including phenoxy) is 2. The van der Waals surface area contributed by atoms with Gasteiger partial charge in [-0.05, 0) is 60.1 Å². The summed E-state index contributed by atoms with van der Waals surface area (Å²) in [4.78, 5) is 59.5. The number of aryl methyl sites for hydroxylation is 2. The van der Waals surface area contributed by atoms with Gasteiger partial charge in [-0.1, -0.05) is 60.7 Å². The number of nitrogens with one attached hydrogen (secondary N) is 4. The Hall–Kier alpha value is -7.32. The highest BCUT2D eigenvalue weighted by molar-refractivity contribution is 6.01. The zero-order valence-electron chi connectivity index (χ0n) is 33.7. The van der Waals surface area contributed by atoms with Crippen LogP contribution in [0.3, 0.4) is 0 Å². The molecule has 6 heterocycles. The molecule has 0 radical (unpaired) electrons. The molecule has 4 aliphatic rings. The lowest BCUT2D eigenvalue weighted by atomic mass is 10.1. The first-order chi connectivity index (χ1) is 31.0. The second kappa shape index (κ2) is 17.8. The number of aromatic nitrogens is 6. The first-order valence-corrected chi connectivity index (χ1v) is 20.4. The van der Waals surface area contributed by atoms with Gasteiger partial charge in [0.25, 0.3) is 11.8 Å². The molecule has 328 valence electrons. The maximum atomic E-state index is 14.1. The average molecular weight is 879 g/mol. The van der Waals surface area contributed by atoms with Crippen LogP contribution in [0.5, 0.6) is 0 Å². The fourth-order valence-electron chi connectivity index (χ4n) is 7.96. The number of amides is 4. The number of hydrogen-bond acceptors (Lipinski definition) is 10. The van der Waals surface area contributed by atoms with Crippen LogP contribution in [-0.4, -0.2) is 78.5 Å². The summed E-state index contributed by atoms with van der Waals surface area (Å²) in [7, 11) is 0. The van der Waals surface area contributed by atoms with Gasteiger partial charge in [-0.15, -0.1) is 10.2 Å². The van der Waals surface area contributed by atoms with E-state index < -0.39 is 71.2 Å². The lowest BCUT2D eigenvalue weighted by Gasteiger charge is -2.22. The normalized spacial score (nSPS) is 20.0. The Balaban J connectivity index is 0.000000162. The van der Waals surface area contributed by atoms with Crippen molar-refractivity contribution in [2.75, 3.05) is 23.8 Å². The molecule has 4 N–H and O–H groups in total. The Bertz CT molecular complexity index is 2580. The summed E-state index contributed by atoms with van der Waals surface area (Å²) in [5.74, 6) is -4.74. The first kappa shape index (κ1) is 42.0. The van der Waals surface area contributed by atoms with Crippen LogP contribution in [0, 0.1) is 23.3 Å². The number of carbonyl (C=O) groups is 4. The van der Waals surface area contributed by atoms with Crippen LogP contribution in [0.1, 0.15) is 80.2 Å². The highest BCUT2D eigenvalue weighted by Crippen LogP contribution is 2.31. The predicted molar refractivity (Wildman–Crippen MR) is 218 cm³/mol. The van der Waals surface area contributed by atoms with Gasteiger partial charge in [-0.25, -0.2) is 36.9 Å². The molecule has 2 aromatic heterocycles. The summed E-state index contributed by atoms with van der Waals surface area (Å²) in [5, 5.41) is 18.7. The van der Waals surface area contributed by atoms with Gasteiger partial charge < -0.3 is 30.7 Å². The Morgan fingerprint density at radius 2 is 1.02 bits per heavy atom. The topological polar surface area (TPSA) is 196 Å². The molecule has 20 heteroatoms. The van der Waals surface area contributed by atoms with Gasteiger partial charge in [0.2, 0.25) is 23.5 Å². The molecular formula is C44H38F4N10O6. The quantitative estimate of drug-likeness (QED) is 0.170. The molecule has 0 bridgehead atoms. The predicted octanol–water partition coefficient (Wildman–Crippen LogP) is 4.72. The van der Waals surface area contributed by atoms with Gasteiger partial charge in [0.05, 0.1) is 37.7 Å². The van der Waals surface area contributed by atoms with Crippen molar-refractivity contribution in [3.05, 3.63) is 154 Å². The van der Waals surface area contributed by atoms with Crippen LogP contribution < -0.4 is 21.3 Å². The number of anilines is 2. The van der Waals surface area contributed by atoms with Gasteiger partial charge in [0.15, 0.2) is 11.6 Å². The molecule has 10 rings (SSSR count). The molecule has 4 amide bonds. The van der Waals surface area contributed by atoms with Crippen LogP contribution in [0.25, 0.3) is 0 Å². The molecule has 4 atom stereocenters. The SMILES string of the molecule is O=C(N[C@H]1CCc2cc(F)cc(F)c2NC1=O)c1nc2n(n1)CCO[C@@H]2c1ccccc1.O=C(N[C@H]1CCc2cc(F)cc(F)c2NC1=O)c1nc2n(n1)CCO[C@H]2c1ccccc1. The molecule has 6 aromatic rings. The Kier molecular flexibility index (Phi) is 11.7. The monoisotopic (exact) mass is 878 g/mol. The summed E-state index contributed by atoms with van der Waals surface area (Å²) >= 11 is 0. The third kappa shape index (κ3) is 8.69. The van der Waals surface area contributed by atoms with Crippen molar-refractivity contribution in [3.8, 4) is 0 Å². The average Bonchev–Trinajstić information content (AvgIpc) is 3.87. The van der Waals surface area contributed by atoms with Gasteiger partial charge >= 0.3 is 0 Å². The van der Waals surface area contributed by atoms with Crippen molar-refractivity contribution in [1.29, 1.82) is 0 Å². The summed E-state index contributed by atoms with van der Waals surface area (Å²) in [6.45, 7) is 1.73. The van der Waals surface area contributed by atoms with Crippen molar-refractivity contribution in [2.45, 2.75) is 63.1 Å². The molecule has 16 nitrogen and oxygen atoms in total. The third-order valence-electron chi connectivity index (χ3n) is 11.1. The fraction of sp³-hybridized carbons (Fsp3) is 0.273. The van der Waals surface area contributed by atoms with E-state index in [9.17, 15) is 36.7 Å². The second-order valence-corrected chi connectivity index (χ2v) is 15.3. The number of nitrogens with zero attached hydrogens (tertiary/aromatic N) is 6. The van der Waals surface area contributed by atoms with Crippen LogP contribution in [0.15, 0.2) is 84.9 Å². The summed E-state index contributed by atoms with van der Waals surface area (Å²) in [5.41, 5.74) is 2.33. The number of fused-ring (bicyclic) bond motifs is 4. The standard InChI is InChI=1S/2C22H19F2N5O3/c2*23-14-10-13-6-7-16(21(30)26-17(13)15(24)11-14)25-22(31)19-27-20-18(12-4-2-1-3-5-12)32-9-8-29(20)28-19/h2*1-5,10-11,16,18H,6-9H2,(H,25,31)(H,26,30)/t16-,18+;16-,18-/m00/s1. The number of halogens is 4. The number of carbonyl (C=O) groups excluding carboxylic acids is 4. The molecule has 0 spiro atoms. The molecule has 0 unspecified atom stereocenters. The molecule has 0 saturated heterocycles. The van der Waals surface area contributed by atoms with Gasteiger partial charge in [-0.3, -0.25) is 19.2 Å². The zero-order valence-corrected chi connectivity index (χ0v) is 33.7. The maximum Gasteiger partial charge on any atom is 0.291 e. The van der Waals surface area contributed by atoms with E-state index in [0.29, 0.717) is 61.2 Å². The molecule has 0 saturated carbocycles.